The van der Waals surface area contributed by atoms with Gasteiger partial charge in [0.05, 0.1) is 0 Å². The third-order valence-corrected chi connectivity index (χ3v) is 4.39. The molecule has 1 heterocycles. The second kappa shape index (κ2) is 5.65. The van der Waals surface area contributed by atoms with Gasteiger partial charge in [0.15, 0.2) is 0 Å². The Morgan fingerprint density at radius 3 is 2.53 bits per heavy atom. The molecule has 1 aliphatic carbocycles. The van der Waals surface area contributed by atoms with Gasteiger partial charge in [-0.1, -0.05) is 45.4 Å². The van der Waals surface area contributed by atoms with Gasteiger partial charge in [-0.3, -0.25) is 14.9 Å². The Bertz CT molecular complexity index is 295. The molecule has 2 rings (SSSR count). The fourth-order valence-corrected chi connectivity index (χ4v) is 3.55. The molecule has 2 amide bonds. The van der Waals surface area contributed by atoms with Gasteiger partial charge in [0.1, 0.15) is 0 Å². The molecule has 3 heteroatoms. The summed E-state index contributed by atoms with van der Waals surface area (Å²) in [5, 5.41) is 2.51. The van der Waals surface area contributed by atoms with Gasteiger partial charge in [0, 0.05) is 12.3 Å². The van der Waals surface area contributed by atoms with Gasteiger partial charge in [-0.15, -0.1) is 0 Å². The van der Waals surface area contributed by atoms with Gasteiger partial charge in [-0.05, 0) is 18.3 Å². The lowest BCUT2D eigenvalue weighted by molar-refractivity contribution is -0.140. The second-order valence-corrected chi connectivity index (χ2v) is 5.57. The molecule has 0 aromatic carbocycles. The zero-order valence-corrected chi connectivity index (χ0v) is 10.7. The molecule has 1 saturated heterocycles. The maximum atomic E-state index is 11.9. The first-order valence-electron chi connectivity index (χ1n) is 7.06. The van der Waals surface area contributed by atoms with Crippen molar-refractivity contribution in [2.45, 2.75) is 58.3 Å². The number of piperidine rings is 1. The standard InChI is InChI=1S/C14H23NO2/c1-2-6-11-12(9-13(16)15-14(11)17)10-7-4-3-5-8-10/h10-12H,2-9H2,1H3,(H,15,16,17). The summed E-state index contributed by atoms with van der Waals surface area (Å²) in [7, 11) is 0. The summed E-state index contributed by atoms with van der Waals surface area (Å²) in [5.41, 5.74) is 0. The number of hydrogen-bond donors (Lipinski definition) is 1. The average molecular weight is 237 g/mol. The van der Waals surface area contributed by atoms with Crippen LogP contribution < -0.4 is 5.32 Å². The van der Waals surface area contributed by atoms with Crippen molar-refractivity contribution >= 4 is 11.8 Å². The molecule has 2 fully saturated rings. The summed E-state index contributed by atoms with van der Waals surface area (Å²) in [4.78, 5) is 23.5. The maximum Gasteiger partial charge on any atom is 0.229 e. The number of hydrogen-bond acceptors (Lipinski definition) is 2. The zero-order chi connectivity index (χ0) is 12.3. The van der Waals surface area contributed by atoms with Crippen LogP contribution in [0.4, 0.5) is 0 Å². The lowest BCUT2D eigenvalue weighted by Crippen LogP contribution is -2.48. The number of amides is 2. The first kappa shape index (κ1) is 12.6. The summed E-state index contributed by atoms with van der Waals surface area (Å²) < 4.78 is 0. The summed E-state index contributed by atoms with van der Waals surface area (Å²) in [6.07, 6.45) is 8.82. The predicted molar refractivity (Wildman–Crippen MR) is 66.2 cm³/mol. The van der Waals surface area contributed by atoms with Crippen LogP contribution in [0.1, 0.15) is 58.3 Å². The highest BCUT2D eigenvalue weighted by atomic mass is 16.2. The minimum atomic E-state index is -0.0575. The van der Waals surface area contributed by atoms with E-state index in [2.05, 4.69) is 12.2 Å². The molecular formula is C14H23NO2. The van der Waals surface area contributed by atoms with E-state index >= 15 is 0 Å². The van der Waals surface area contributed by atoms with Crippen molar-refractivity contribution in [2.75, 3.05) is 0 Å². The Morgan fingerprint density at radius 2 is 1.88 bits per heavy atom. The Kier molecular flexibility index (Phi) is 4.19. The van der Waals surface area contributed by atoms with E-state index in [1.165, 1.54) is 32.1 Å². The first-order valence-corrected chi connectivity index (χ1v) is 7.06. The number of rotatable bonds is 3. The molecule has 1 N–H and O–H groups in total. The van der Waals surface area contributed by atoms with Crippen LogP contribution in [0.5, 0.6) is 0 Å². The number of imide groups is 1. The molecular weight excluding hydrogens is 214 g/mol. The molecule has 2 aliphatic rings. The zero-order valence-electron chi connectivity index (χ0n) is 10.7. The van der Waals surface area contributed by atoms with E-state index in [-0.39, 0.29) is 17.7 Å². The van der Waals surface area contributed by atoms with Crippen molar-refractivity contribution < 1.29 is 9.59 Å². The smallest absolute Gasteiger partial charge is 0.229 e. The van der Waals surface area contributed by atoms with Gasteiger partial charge in [0.2, 0.25) is 11.8 Å². The number of carbonyl (C=O) groups is 2. The monoisotopic (exact) mass is 237 g/mol. The van der Waals surface area contributed by atoms with Crippen molar-refractivity contribution in [1.29, 1.82) is 0 Å². The molecule has 2 unspecified atom stereocenters. The molecule has 0 radical (unpaired) electrons. The molecule has 0 spiro atoms. The molecule has 0 aromatic rings. The van der Waals surface area contributed by atoms with Crippen molar-refractivity contribution in [3.05, 3.63) is 0 Å². The molecule has 1 saturated carbocycles. The quantitative estimate of drug-likeness (QED) is 0.767. The highest BCUT2D eigenvalue weighted by Gasteiger charge is 2.39. The molecule has 0 aromatic heterocycles. The normalized spacial score (nSPS) is 31.4. The Balaban J connectivity index is 2.08. The van der Waals surface area contributed by atoms with E-state index in [1.807, 2.05) is 0 Å². The van der Waals surface area contributed by atoms with Gasteiger partial charge < -0.3 is 0 Å². The van der Waals surface area contributed by atoms with Crippen molar-refractivity contribution in [1.82, 2.24) is 5.32 Å². The third kappa shape index (κ3) is 2.88. The summed E-state index contributed by atoms with van der Waals surface area (Å²) >= 11 is 0. The second-order valence-electron chi connectivity index (χ2n) is 5.57. The lowest BCUT2D eigenvalue weighted by Gasteiger charge is -2.37. The maximum absolute atomic E-state index is 11.9. The van der Waals surface area contributed by atoms with Crippen molar-refractivity contribution in [3.8, 4) is 0 Å². The summed E-state index contributed by atoms with van der Waals surface area (Å²) in [5.74, 6) is 0.934. The van der Waals surface area contributed by atoms with Gasteiger partial charge in [-0.25, -0.2) is 0 Å². The molecule has 96 valence electrons. The summed E-state index contributed by atoms with van der Waals surface area (Å²) in [6.45, 7) is 2.11. The van der Waals surface area contributed by atoms with E-state index in [1.54, 1.807) is 0 Å². The Morgan fingerprint density at radius 1 is 1.18 bits per heavy atom. The third-order valence-electron chi connectivity index (χ3n) is 4.39. The topological polar surface area (TPSA) is 46.2 Å². The van der Waals surface area contributed by atoms with Crippen LogP contribution in [-0.2, 0) is 9.59 Å². The first-order chi connectivity index (χ1) is 8.22. The molecule has 3 nitrogen and oxygen atoms in total. The average Bonchev–Trinajstić information content (AvgIpc) is 2.33. The fourth-order valence-electron chi connectivity index (χ4n) is 3.55. The minimum Gasteiger partial charge on any atom is -0.296 e. The van der Waals surface area contributed by atoms with E-state index < -0.39 is 0 Å². The molecule has 1 aliphatic heterocycles. The highest BCUT2D eigenvalue weighted by Crippen LogP contribution is 2.39. The molecule has 17 heavy (non-hydrogen) atoms. The van der Waals surface area contributed by atoms with Crippen LogP contribution in [-0.4, -0.2) is 11.8 Å². The van der Waals surface area contributed by atoms with E-state index in [9.17, 15) is 9.59 Å². The van der Waals surface area contributed by atoms with E-state index in [0.29, 0.717) is 18.3 Å². The molecule has 0 bridgehead atoms. The van der Waals surface area contributed by atoms with Gasteiger partial charge in [-0.2, -0.15) is 0 Å². The fraction of sp³-hybridized carbons (Fsp3) is 0.857. The van der Waals surface area contributed by atoms with E-state index in [0.717, 1.165) is 12.8 Å². The molecule has 2 atom stereocenters. The summed E-state index contributed by atoms with van der Waals surface area (Å²) in [6, 6.07) is 0. The number of carbonyl (C=O) groups excluding carboxylic acids is 2. The van der Waals surface area contributed by atoms with Gasteiger partial charge >= 0.3 is 0 Å². The van der Waals surface area contributed by atoms with Crippen LogP contribution in [0.2, 0.25) is 0 Å². The Labute approximate surface area is 103 Å². The van der Waals surface area contributed by atoms with Crippen molar-refractivity contribution in [2.24, 2.45) is 17.8 Å². The minimum absolute atomic E-state index is 0.0151. The van der Waals surface area contributed by atoms with Crippen LogP contribution in [0.3, 0.4) is 0 Å². The van der Waals surface area contributed by atoms with Gasteiger partial charge in [0.25, 0.3) is 0 Å². The lowest BCUT2D eigenvalue weighted by atomic mass is 9.69. The van der Waals surface area contributed by atoms with Crippen LogP contribution >= 0.6 is 0 Å². The van der Waals surface area contributed by atoms with Crippen LogP contribution in [0, 0.1) is 17.8 Å². The van der Waals surface area contributed by atoms with Crippen LogP contribution in [0.15, 0.2) is 0 Å². The Hall–Kier alpha value is -0.860. The predicted octanol–water partition coefficient (Wildman–Crippen LogP) is 2.65. The highest BCUT2D eigenvalue weighted by molar-refractivity contribution is 5.99. The largest absolute Gasteiger partial charge is 0.296 e. The number of nitrogens with one attached hydrogen (secondary N) is 1. The van der Waals surface area contributed by atoms with Crippen LogP contribution in [0.25, 0.3) is 0 Å². The van der Waals surface area contributed by atoms with E-state index in [4.69, 9.17) is 0 Å². The SMILES string of the molecule is CCCC1C(=O)NC(=O)CC1C1CCCCC1. The van der Waals surface area contributed by atoms with Crippen molar-refractivity contribution in [3.63, 3.8) is 0 Å².